The highest BCUT2D eigenvalue weighted by molar-refractivity contribution is 5.75. The fourth-order valence-corrected chi connectivity index (χ4v) is 2.95. The van der Waals surface area contributed by atoms with Gasteiger partial charge in [0.05, 0.1) is 6.33 Å². The molecule has 1 aliphatic heterocycles. The smallest absolute Gasteiger partial charge is 0.331 e. The van der Waals surface area contributed by atoms with E-state index in [4.69, 9.17) is 15.2 Å². The lowest BCUT2D eigenvalue weighted by Crippen LogP contribution is -2.50. The van der Waals surface area contributed by atoms with Crippen LogP contribution < -0.4 is 17.0 Å². The molecule has 1 fully saturated rings. The van der Waals surface area contributed by atoms with Gasteiger partial charge in [0.2, 0.25) is 0 Å². The number of nitriles is 1. The number of hydrogen-bond acceptors (Lipinski definition) is 10. The monoisotopic (exact) mass is 406 g/mol. The molecule has 0 spiro atoms. The van der Waals surface area contributed by atoms with Crippen LogP contribution in [-0.4, -0.2) is 66.7 Å². The topological polar surface area (TPSA) is 209 Å². The third kappa shape index (κ3) is 3.82. The van der Waals surface area contributed by atoms with Gasteiger partial charge >= 0.3 is 11.7 Å². The molecule has 0 saturated carbocycles. The lowest BCUT2D eigenvalue weighted by molar-refractivity contribution is -0.155. The van der Waals surface area contributed by atoms with Crippen LogP contribution in [0.15, 0.2) is 34.4 Å². The van der Waals surface area contributed by atoms with E-state index in [1.807, 2.05) is 4.98 Å². The molecule has 3 heterocycles. The summed E-state index contributed by atoms with van der Waals surface area (Å²) in [7, 11) is 0. The summed E-state index contributed by atoms with van der Waals surface area (Å²) in [6.07, 6.45) is -0.844. The lowest BCUT2D eigenvalue weighted by Gasteiger charge is -2.26. The molecule has 1 aliphatic rings. The molecule has 1 saturated heterocycles. The van der Waals surface area contributed by atoms with Crippen molar-refractivity contribution in [3.05, 3.63) is 51.3 Å². The molecule has 0 amide bonds. The number of nitrogens with one attached hydrogen (secondary N) is 2. The van der Waals surface area contributed by atoms with E-state index in [1.165, 1.54) is 12.5 Å². The normalized spacial score (nSPS) is 27.3. The van der Waals surface area contributed by atoms with E-state index >= 15 is 0 Å². The number of aliphatic hydroxyl groups excluding tert-OH is 2. The minimum Gasteiger partial charge on any atom is -0.462 e. The summed E-state index contributed by atoms with van der Waals surface area (Å²) in [4.78, 5) is 43.9. The van der Waals surface area contributed by atoms with Gasteiger partial charge in [-0.3, -0.25) is 19.1 Å². The van der Waals surface area contributed by atoms with E-state index in [2.05, 4.69) is 9.97 Å². The highest BCUT2D eigenvalue weighted by atomic mass is 16.6. The second-order valence-electron chi connectivity index (χ2n) is 6.40. The predicted octanol–water partition coefficient (Wildman–Crippen LogP) is -3.33. The molecule has 2 aromatic rings. The van der Waals surface area contributed by atoms with E-state index in [1.54, 1.807) is 6.07 Å². The van der Waals surface area contributed by atoms with Gasteiger partial charge in [-0.05, 0) is 0 Å². The minimum absolute atomic E-state index is 0.129. The Kier molecular flexibility index (Phi) is 5.62. The molecule has 0 aliphatic carbocycles. The van der Waals surface area contributed by atoms with Crippen molar-refractivity contribution in [2.75, 3.05) is 6.61 Å². The number of imidazole rings is 1. The molecule has 3 rings (SSSR count). The molecule has 13 nitrogen and oxygen atoms in total. The van der Waals surface area contributed by atoms with Crippen molar-refractivity contribution in [3.8, 4) is 6.07 Å². The molecule has 6 N–H and O–H groups in total. The summed E-state index contributed by atoms with van der Waals surface area (Å²) in [5, 5.41) is 30.1. The Morgan fingerprint density at radius 2 is 2.28 bits per heavy atom. The molecular weight excluding hydrogens is 388 g/mol. The molecule has 13 heteroatoms. The quantitative estimate of drug-likeness (QED) is 0.301. The van der Waals surface area contributed by atoms with Crippen molar-refractivity contribution in [1.82, 2.24) is 19.5 Å². The van der Waals surface area contributed by atoms with Crippen molar-refractivity contribution in [1.29, 1.82) is 5.26 Å². The lowest BCUT2D eigenvalue weighted by atomic mass is 10.0. The first-order chi connectivity index (χ1) is 13.8. The Bertz CT molecular complexity index is 1030. The molecule has 5 atom stereocenters. The number of carbonyl (C=O) groups excluding carboxylic acids is 1. The fourth-order valence-electron chi connectivity index (χ4n) is 2.95. The summed E-state index contributed by atoms with van der Waals surface area (Å²) in [6, 6.07) is 1.56. The fraction of sp³-hybridized carbons (Fsp3) is 0.438. The van der Waals surface area contributed by atoms with E-state index in [0.717, 1.165) is 12.3 Å². The maximum absolute atomic E-state index is 12.1. The molecular formula is C16H18N6O7. The van der Waals surface area contributed by atoms with Crippen molar-refractivity contribution in [2.24, 2.45) is 5.73 Å². The number of nitrogens with two attached hydrogens (primary N) is 1. The van der Waals surface area contributed by atoms with Crippen molar-refractivity contribution < 1.29 is 24.5 Å². The molecule has 0 aromatic carbocycles. The molecule has 0 bridgehead atoms. The first-order valence-electron chi connectivity index (χ1n) is 8.45. The highest BCUT2D eigenvalue weighted by Crippen LogP contribution is 2.34. The Balaban J connectivity index is 1.71. The maximum Gasteiger partial charge on any atom is 0.331 e. The van der Waals surface area contributed by atoms with E-state index in [9.17, 15) is 29.9 Å². The van der Waals surface area contributed by atoms with Crippen LogP contribution >= 0.6 is 0 Å². The standard InChI is InChI=1S/C16H18N6O7/c17-6-16(22-2-1-11(23)21-15(22)27)13(25)12(24)10(29-16)5-28-14(26)9(18)3-8-4-19-7-20-8/h1-2,4,7,9-10,12-13,24-25H,3,5,18H2,(H,19,20)(H,21,23,27)/t9-,10+,12?,13?,16+/m0/s1. The summed E-state index contributed by atoms with van der Waals surface area (Å²) in [5.74, 6) is -0.805. The zero-order valence-corrected chi connectivity index (χ0v) is 14.9. The van der Waals surface area contributed by atoms with Gasteiger partial charge in [-0.25, -0.2) is 9.78 Å². The number of carbonyl (C=O) groups is 1. The number of aromatic nitrogens is 4. The number of aliphatic hydroxyl groups is 2. The van der Waals surface area contributed by atoms with E-state index in [0.29, 0.717) is 10.3 Å². The average Bonchev–Trinajstić information content (AvgIpc) is 3.28. The van der Waals surface area contributed by atoms with Gasteiger partial charge in [0, 0.05) is 30.6 Å². The maximum atomic E-state index is 12.1. The minimum atomic E-state index is -2.32. The van der Waals surface area contributed by atoms with Crippen LogP contribution in [0.4, 0.5) is 0 Å². The second kappa shape index (κ2) is 7.97. The predicted molar refractivity (Wildman–Crippen MR) is 93.0 cm³/mol. The van der Waals surface area contributed by atoms with E-state index < -0.39 is 53.9 Å². The Morgan fingerprint density at radius 3 is 2.90 bits per heavy atom. The van der Waals surface area contributed by atoms with Crippen LogP contribution in [0.3, 0.4) is 0 Å². The van der Waals surface area contributed by atoms with Crippen LogP contribution in [-0.2, 0) is 26.4 Å². The van der Waals surface area contributed by atoms with Crippen molar-refractivity contribution >= 4 is 5.97 Å². The van der Waals surface area contributed by atoms with Gasteiger partial charge < -0.3 is 30.4 Å². The SMILES string of the molecule is N#C[C@@]1(n2ccc(=O)[nH]c2=O)O[C@H](COC(=O)[C@@H](N)Cc2cnc[nH]2)C(O)C1O. The molecule has 2 unspecified atom stereocenters. The summed E-state index contributed by atoms with van der Waals surface area (Å²) in [6.45, 7) is -0.532. The number of ether oxygens (including phenoxy) is 2. The van der Waals surface area contributed by atoms with Crippen LogP contribution in [0.25, 0.3) is 0 Å². The number of hydrogen-bond donors (Lipinski definition) is 5. The number of H-pyrrole nitrogens is 2. The number of nitrogens with zero attached hydrogens (tertiary/aromatic N) is 3. The van der Waals surface area contributed by atoms with Crippen LogP contribution in [0, 0.1) is 11.3 Å². The molecule has 154 valence electrons. The Hall–Kier alpha value is -3.31. The van der Waals surface area contributed by atoms with Gasteiger partial charge in [0.15, 0.2) is 0 Å². The summed E-state index contributed by atoms with van der Waals surface area (Å²) < 4.78 is 11.1. The zero-order chi connectivity index (χ0) is 21.2. The first-order valence-corrected chi connectivity index (χ1v) is 8.45. The second-order valence-corrected chi connectivity index (χ2v) is 6.40. The molecule has 2 aromatic heterocycles. The molecule has 29 heavy (non-hydrogen) atoms. The molecule has 0 radical (unpaired) electrons. The van der Waals surface area contributed by atoms with Gasteiger partial charge in [0.25, 0.3) is 11.3 Å². The van der Waals surface area contributed by atoms with Crippen molar-refractivity contribution in [2.45, 2.75) is 36.5 Å². The Labute approximate surface area is 162 Å². The number of rotatable bonds is 6. The van der Waals surface area contributed by atoms with E-state index in [-0.39, 0.29) is 6.42 Å². The largest absolute Gasteiger partial charge is 0.462 e. The highest BCUT2D eigenvalue weighted by Gasteiger charge is 2.57. The third-order valence-corrected chi connectivity index (χ3v) is 4.47. The Morgan fingerprint density at radius 1 is 1.52 bits per heavy atom. The summed E-state index contributed by atoms with van der Waals surface area (Å²) >= 11 is 0. The third-order valence-electron chi connectivity index (χ3n) is 4.47. The van der Waals surface area contributed by atoms with Crippen LogP contribution in [0.1, 0.15) is 5.69 Å². The zero-order valence-electron chi connectivity index (χ0n) is 14.9. The number of aromatic amines is 2. The van der Waals surface area contributed by atoms with Crippen molar-refractivity contribution in [3.63, 3.8) is 0 Å². The van der Waals surface area contributed by atoms with Crippen LogP contribution in [0.5, 0.6) is 0 Å². The summed E-state index contributed by atoms with van der Waals surface area (Å²) in [5.41, 5.74) is 2.30. The van der Waals surface area contributed by atoms with Gasteiger partial charge in [-0.15, -0.1) is 0 Å². The van der Waals surface area contributed by atoms with Crippen LogP contribution in [0.2, 0.25) is 0 Å². The average molecular weight is 406 g/mol. The number of esters is 1. The van der Waals surface area contributed by atoms with Gasteiger partial charge in [0.1, 0.15) is 37.0 Å². The first kappa shape index (κ1) is 20.4. The van der Waals surface area contributed by atoms with Gasteiger partial charge in [-0.1, -0.05) is 0 Å². The van der Waals surface area contributed by atoms with Gasteiger partial charge in [-0.2, -0.15) is 5.26 Å².